The number of benzene rings is 4. The molecule has 0 aliphatic heterocycles. The van der Waals surface area contributed by atoms with Crippen molar-refractivity contribution in [2.24, 2.45) is 0 Å². The van der Waals surface area contributed by atoms with Gasteiger partial charge in [-0.05, 0) is 73.0 Å². The number of fused-ring (bicyclic) bond motifs is 3. The van der Waals surface area contributed by atoms with Crippen LogP contribution in [0, 0.1) is 0 Å². The number of halogens is 4. The molecule has 4 aromatic carbocycles. The number of H-pyrrole nitrogens is 3. The van der Waals surface area contributed by atoms with E-state index in [9.17, 15) is 19.2 Å². The van der Waals surface area contributed by atoms with Gasteiger partial charge < -0.3 is 40.0 Å². The summed E-state index contributed by atoms with van der Waals surface area (Å²) < 4.78 is 13.8. The van der Waals surface area contributed by atoms with Gasteiger partial charge in [0.15, 0.2) is 0 Å². The molecule has 55 heavy (non-hydrogen) atoms. The molecule has 0 aliphatic carbocycles. The van der Waals surface area contributed by atoms with E-state index in [1.165, 1.54) is 33.5 Å². The first-order chi connectivity index (χ1) is 26.2. The van der Waals surface area contributed by atoms with E-state index in [-0.39, 0.29) is 10.6 Å². The molecule has 0 radical (unpaired) electrons. The van der Waals surface area contributed by atoms with Crippen LogP contribution >= 0.6 is 58.2 Å². The fourth-order valence-corrected chi connectivity index (χ4v) is 6.50. The van der Waals surface area contributed by atoms with Gasteiger partial charge in [-0.2, -0.15) is 0 Å². The third-order valence-corrected chi connectivity index (χ3v) is 9.70. The van der Waals surface area contributed by atoms with Crippen LogP contribution in [0.15, 0.2) is 90.2 Å². The number of hydrogen-bond acceptors (Lipinski definition) is 9. The van der Waals surface area contributed by atoms with Gasteiger partial charge in [0.2, 0.25) is 0 Å². The maximum absolute atomic E-state index is 11.5. The van der Waals surface area contributed by atoms with Crippen molar-refractivity contribution in [1.82, 2.24) is 15.0 Å². The molecule has 12 nitrogen and oxygen atoms in total. The van der Waals surface area contributed by atoms with E-state index in [0.717, 1.165) is 37.6 Å². The number of nitrogens with one attached hydrogen (secondary N) is 3. The zero-order valence-electron chi connectivity index (χ0n) is 29.4. The number of rotatable bonds is 5. The summed E-state index contributed by atoms with van der Waals surface area (Å²) in [6, 6.07) is 18.4. The molecule has 0 amide bonds. The molecule has 286 valence electrons. The highest BCUT2D eigenvalue weighted by molar-refractivity contribution is 7.98. The molecule has 0 spiro atoms. The predicted molar refractivity (Wildman–Crippen MR) is 219 cm³/mol. The summed E-state index contributed by atoms with van der Waals surface area (Å²) in [5.41, 5.74) is 9.87. The van der Waals surface area contributed by atoms with Crippen molar-refractivity contribution in [2.45, 2.75) is 4.90 Å². The number of aromatic amines is 3. The van der Waals surface area contributed by atoms with Crippen LogP contribution in [-0.4, -0.2) is 71.5 Å². The Morgan fingerprint density at radius 1 is 0.600 bits per heavy atom. The van der Waals surface area contributed by atoms with Crippen LogP contribution in [0.1, 0.15) is 41.4 Å². The minimum Gasteiger partial charge on any atom is -0.478 e. The fourth-order valence-electron chi connectivity index (χ4n) is 4.94. The maximum atomic E-state index is 11.5. The molecule has 7 rings (SSSR count). The molecule has 3 heterocycles. The van der Waals surface area contributed by atoms with E-state index >= 15 is 0 Å². The molecule has 0 saturated carbocycles. The Morgan fingerprint density at radius 2 is 1.05 bits per heavy atom. The third-order valence-electron chi connectivity index (χ3n) is 7.67. The number of aromatic carboxylic acids is 1. The molecule has 17 heteroatoms. The highest BCUT2D eigenvalue weighted by Crippen LogP contribution is 2.31. The number of carbonyl (C=O) groups excluding carboxylic acids is 3. The van der Waals surface area contributed by atoms with Crippen LogP contribution in [0.25, 0.3) is 32.7 Å². The number of hydrogen-bond donors (Lipinski definition) is 5. The smallest absolute Gasteiger partial charge is 0.339 e. The highest BCUT2D eigenvalue weighted by Gasteiger charge is 2.15. The van der Waals surface area contributed by atoms with Crippen molar-refractivity contribution in [3.05, 3.63) is 128 Å². The minimum absolute atomic E-state index is 0.133. The number of ether oxygens (including phenoxy) is 3. The summed E-state index contributed by atoms with van der Waals surface area (Å²) >= 11 is 25.0. The van der Waals surface area contributed by atoms with E-state index in [1.54, 1.807) is 72.7 Å². The summed E-state index contributed by atoms with van der Waals surface area (Å²) in [7, 11) is 3.98. The van der Waals surface area contributed by atoms with Gasteiger partial charge in [0.05, 0.1) is 63.7 Å². The summed E-state index contributed by atoms with van der Waals surface area (Å²) in [4.78, 5) is 54.6. The van der Waals surface area contributed by atoms with Crippen molar-refractivity contribution < 1.29 is 38.5 Å². The molecule has 0 saturated heterocycles. The van der Waals surface area contributed by atoms with Gasteiger partial charge in [-0.15, -0.1) is 11.8 Å². The quantitative estimate of drug-likeness (QED) is 0.0482. The molecule has 0 unspecified atom stereocenters. The van der Waals surface area contributed by atoms with E-state index in [2.05, 4.69) is 29.2 Å². The van der Waals surface area contributed by atoms with Gasteiger partial charge in [0.25, 0.3) is 0 Å². The molecule has 0 fully saturated rings. The van der Waals surface area contributed by atoms with Crippen LogP contribution in [0.2, 0.25) is 20.1 Å². The Morgan fingerprint density at radius 3 is 1.55 bits per heavy atom. The second kappa shape index (κ2) is 19.3. The van der Waals surface area contributed by atoms with Gasteiger partial charge in [0, 0.05) is 61.9 Å². The predicted octanol–water partition coefficient (Wildman–Crippen LogP) is 10.2. The SMILES string of the molecule is COC(=O)c1cc2c(SC)c[nH]c2cc1Cl.COC(=O)c1cc2cc[nH]c2cc1Cl.COC(=O)c1ccc(N)cc1Cl.O=C(O)c1cc2cc[nH]c2cc1Cl. The lowest BCUT2D eigenvalue weighted by atomic mass is 10.1. The van der Waals surface area contributed by atoms with E-state index in [1.807, 2.05) is 18.5 Å². The third kappa shape index (κ3) is 10.5. The number of esters is 3. The summed E-state index contributed by atoms with van der Waals surface area (Å²) in [6.07, 6.45) is 7.41. The van der Waals surface area contributed by atoms with Gasteiger partial charge in [-0.1, -0.05) is 46.4 Å². The first-order valence-corrected chi connectivity index (χ1v) is 18.4. The monoisotopic (exact) mass is 844 g/mol. The lowest BCUT2D eigenvalue weighted by Gasteiger charge is -2.03. The van der Waals surface area contributed by atoms with Crippen molar-refractivity contribution in [2.75, 3.05) is 33.3 Å². The van der Waals surface area contributed by atoms with Crippen LogP contribution < -0.4 is 5.73 Å². The van der Waals surface area contributed by atoms with Crippen molar-refractivity contribution in [3.63, 3.8) is 0 Å². The standard InChI is InChI=1S/C11H10ClNO2S.C10H8ClNO2.C9H6ClNO2.C8H8ClNO2/c1-15-11(14)6-3-7-9(4-8(6)12)13-5-10(7)16-2;1-14-10(13)7-4-6-2-3-12-9(6)5-8(7)11;10-7-4-8-5(1-2-11-8)3-6(7)9(12)13;1-12-8(11)6-3-2-5(10)4-7(6)9/h3-5,13H,1-2H3;2-5,12H,1H3;1-4,11H,(H,12,13);2-4H,10H2,1H3. The molecule has 0 aliphatic rings. The summed E-state index contributed by atoms with van der Waals surface area (Å²) in [5, 5.41) is 12.9. The van der Waals surface area contributed by atoms with Crippen molar-refractivity contribution >= 4 is 120 Å². The molecule has 3 aromatic heterocycles. The topological polar surface area (TPSA) is 190 Å². The van der Waals surface area contributed by atoms with E-state index in [4.69, 9.17) is 57.2 Å². The van der Waals surface area contributed by atoms with Crippen LogP contribution in [0.4, 0.5) is 5.69 Å². The average Bonchev–Trinajstić information content (AvgIpc) is 3.93. The Bertz CT molecular complexity index is 2510. The van der Waals surface area contributed by atoms with Crippen LogP contribution in [0.5, 0.6) is 0 Å². The zero-order chi connectivity index (χ0) is 40.4. The Hall–Kier alpha value is -5.31. The number of nitrogens with two attached hydrogens (primary N) is 1. The lowest BCUT2D eigenvalue weighted by molar-refractivity contribution is 0.0592. The molecule has 0 atom stereocenters. The average molecular weight is 847 g/mol. The first kappa shape index (κ1) is 42.4. The Balaban J connectivity index is 0.000000164. The number of carboxylic acid groups (broad SMARTS) is 1. The first-order valence-electron chi connectivity index (χ1n) is 15.6. The highest BCUT2D eigenvalue weighted by atomic mass is 35.5. The van der Waals surface area contributed by atoms with Crippen molar-refractivity contribution in [3.8, 4) is 0 Å². The van der Waals surface area contributed by atoms with Crippen LogP contribution in [-0.2, 0) is 14.2 Å². The molecular weight excluding hydrogens is 814 g/mol. The number of methoxy groups -OCH3 is 3. The van der Waals surface area contributed by atoms with Gasteiger partial charge >= 0.3 is 23.9 Å². The fraction of sp³-hybridized carbons (Fsp3) is 0.105. The van der Waals surface area contributed by atoms with Gasteiger partial charge in [-0.25, -0.2) is 19.2 Å². The second-order valence-electron chi connectivity index (χ2n) is 11.0. The normalized spacial score (nSPS) is 10.3. The lowest BCUT2D eigenvalue weighted by Crippen LogP contribution is -2.02. The number of thioether (sulfide) groups is 1. The molecule has 6 N–H and O–H groups in total. The minimum atomic E-state index is -1.01. The second-order valence-corrected chi connectivity index (χ2v) is 13.5. The number of aromatic nitrogens is 3. The van der Waals surface area contributed by atoms with Gasteiger partial charge in [-0.3, -0.25) is 0 Å². The largest absolute Gasteiger partial charge is 0.478 e. The van der Waals surface area contributed by atoms with Crippen LogP contribution in [0.3, 0.4) is 0 Å². The molecular formula is C38H32Cl4N4O8S. The summed E-state index contributed by atoms with van der Waals surface area (Å²) in [6.45, 7) is 0. The Labute approximate surface area is 338 Å². The maximum Gasteiger partial charge on any atom is 0.339 e. The Kier molecular flexibility index (Phi) is 14.9. The van der Waals surface area contributed by atoms with Crippen molar-refractivity contribution in [1.29, 1.82) is 0 Å². The zero-order valence-corrected chi connectivity index (χ0v) is 33.2. The molecule has 7 aromatic rings. The number of nitrogen functional groups attached to an aromatic ring is 1. The summed E-state index contributed by atoms with van der Waals surface area (Å²) in [5.74, 6) is -2.30. The number of carboxylic acids is 1. The van der Waals surface area contributed by atoms with Gasteiger partial charge in [0.1, 0.15) is 0 Å². The number of anilines is 1. The number of carbonyl (C=O) groups is 4. The molecule has 0 bridgehead atoms. The van der Waals surface area contributed by atoms with E-state index in [0.29, 0.717) is 37.4 Å². The van der Waals surface area contributed by atoms with E-state index < -0.39 is 23.9 Å².